The van der Waals surface area contributed by atoms with E-state index < -0.39 is 0 Å². The van der Waals surface area contributed by atoms with Crippen LogP contribution in [0.25, 0.3) is 0 Å². The molecule has 0 atom stereocenters. The van der Waals surface area contributed by atoms with Crippen LogP contribution in [0, 0.1) is 5.41 Å². The number of hydrogen-bond acceptors (Lipinski definition) is 1. The molecule has 70 valence electrons. The van der Waals surface area contributed by atoms with Crippen LogP contribution in [0.3, 0.4) is 0 Å². The zero-order valence-corrected chi connectivity index (χ0v) is 8.18. The van der Waals surface area contributed by atoms with Gasteiger partial charge in [-0.1, -0.05) is 38.3 Å². The third kappa shape index (κ3) is 2.98. The molecule has 0 unspecified atom stereocenters. The van der Waals surface area contributed by atoms with Gasteiger partial charge in [0.05, 0.1) is 0 Å². The summed E-state index contributed by atoms with van der Waals surface area (Å²) in [5.74, 6) is 0. The zero-order chi connectivity index (χ0) is 8.86. The van der Waals surface area contributed by atoms with Crippen molar-refractivity contribution in [3.63, 3.8) is 0 Å². The molecule has 0 radical (unpaired) electrons. The Bertz CT molecular complexity index is 143. The average Bonchev–Trinajstić information content (AvgIpc) is 2.06. The van der Waals surface area contributed by atoms with Gasteiger partial charge < -0.3 is 5.73 Å². The molecule has 1 fully saturated rings. The van der Waals surface area contributed by atoms with Crippen LogP contribution in [0.1, 0.15) is 45.4 Å². The molecular formula is C11H21N. The van der Waals surface area contributed by atoms with E-state index in [4.69, 9.17) is 5.73 Å². The Kier molecular flexibility index (Phi) is 3.80. The summed E-state index contributed by atoms with van der Waals surface area (Å²) in [5.41, 5.74) is 5.93. The summed E-state index contributed by atoms with van der Waals surface area (Å²) in [5, 5.41) is 0. The monoisotopic (exact) mass is 167 g/mol. The summed E-state index contributed by atoms with van der Waals surface area (Å²) < 4.78 is 0. The minimum Gasteiger partial charge on any atom is -0.330 e. The number of allylic oxidation sites excluding steroid dienone is 1. The Hall–Kier alpha value is -0.300. The average molecular weight is 167 g/mol. The van der Waals surface area contributed by atoms with Crippen LogP contribution >= 0.6 is 0 Å². The summed E-state index contributed by atoms with van der Waals surface area (Å²) in [6.07, 6.45) is 12.7. The number of hydrogen-bond donors (Lipinski definition) is 1. The molecule has 0 spiro atoms. The standard InChI is InChI=1S/C11H21N/c1-11(9-5-6-10-12)7-3-2-4-8-11/h5,9H,2-4,6-8,10,12H2,1H3/b9-5+. The molecule has 0 aliphatic heterocycles. The van der Waals surface area contributed by atoms with Gasteiger partial charge >= 0.3 is 0 Å². The fourth-order valence-electron chi connectivity index (χ4n) is 1.99. The molecule has 0 aromatic rings. The second-order valence-corrected chi connectivity index (χ2v) is 4.19. The first kappa shape index (κ1) is 9.79. The van der Waals surface area contributed by atoms with Gasteiger partial charge in [0.25, 0.3) is 0 Å². The molecule has 1 rings (SSSR count). The van der Waals surface area contributed by atoms with Crippen LogP contribution < -0.4 is 5.73 Å². The second-order valence-electron chi connectivity index (χ2n) is 4.19. The first-order chi connectivity index (χ1) is 5.77. The van der Waals surface area contributed by atoms with Crippen molar-refractivity contribution in [3.8, 4) is 0 Å². The zero-order valence-electron chi connectivity index (χ0n) is 8.18. The summed E-state index contributed by atoms with van der Waals surface area (Å²) in [4.78, 5) is 0. The maximum Gasteiger partial charge on any atom is -0.00426 e. The van der Waals surface area contributed by atoms with Crippen molar-refractivity contribution >= 4 is 0 Å². The summed E-state index contributed by atoms with van der Waals surface area (Å²) in [6.45, 7) is 3.16. The van der Waals surface area contributed by atoms with Crippen molar-refractivity contribution in [2.45, 2.75) is 45.4 Å². The minimum absolute atomic E-state index is 0.493. The third-order valence-electron chi connectivity index (χ3n) is 2.85. The quantitative estimate of drug-likeness (QED) is 0.643. The Morgan fingerprint density at radius 2 is 1.92 bits per heavy atom. The summed E-state index contributed by atoms with van der Waals surface area (Å²) in [6, 6.07) is 0. The van der Waals surface area contributed by atoms with Crippen molar-refractivity contribution in [2.24, 2.45) is 11.1 Å². The largest absolute Gasteiger partial charge is 0.330 e. The predicted octanol–water partition coefficient (Wildman–Crippen LogP) is 2.86. The van der Waals surface area contributed by atoms with Crippen LogP contribution in [0.5, 0.6) is 0 Å². The van der Waals surface area contributed by atoms with Gasteiger partial charge in [-0.2, -0.15) is 0 Å². The van der Waals surface area contributed by atoms with Crippen LogP contribution in [-0.4, -0.2) is 6.54 Å². The van der Waals surface area contributed by atoms with E-state index in [1.165, 1.54) is 32.1 Å². The molecule has 0 bridgehead atoms. The van der Waals surface area contributed by atoms with E-state index in [2.05, 4.69) is 19.1 Å². The SMILES string of the molecule is CC1(/C=C/CCN)CCCCC1. The van der Waals surface area contributed by atoms with Gasteiger partial charge in [-0.05, 0) is 31.2 Å². The Balaban J connectivity index is 2.35. The molecule has 1 heteroatoms. The Morgan fingerprint density at radius 3 is 2.50 bits per heavy atom. The molecular weight excluding hydrogens is 146 g/mol. The molecule has 0 aromatic heterocycles. The molecule has 1 nitrogen and oxygen atoms in total. The highest BCUT2D eigenvalue weighted by Crippen LogP contribution is 2.36. The van der Waals surface area contributed by atoms with E-state index in [1.807, 2.05) is 0 Å². The maximum absolute atomic E-state index is 5.44. The highest BCUT2D eigenvalue weighted by molar-refractivity contribution is 4.98. The maximum atomic E-state index is 5.44. The van der Waals surface area contributed by atoms with E-state index in [1.54, 1.807) is 0 Å². The van der Waals surface area contributed by atoms with Crippen molar-refractivity contribution in [1.29, 1.82) is 0 Å². The Morgan fingerprint density at radius 1 is 1.25 bits per heavy atom. The van der Waals surface area contributed by atoms with Gasteiger partial charge in [0, 0.05) is 0 Å². The van der Waals surface area contributed by atoms with E-state index in [0.717, 1.165) is 13.0 Å². The van der Waals surface area contributed by atoms with Crippen molar-refractivity contribution in [3.05, 3.63) is 12.2 Å². The molecule has 0 saturated heterocycles. The van der Waals surface area contributed by atoms with Gasteiger partial charge in [0.2, 0.25) is 0 Å². The predicted molar refractivity (Wildman–Crippen MR) is 54.0 cm³/mol. The van der Waals surface area contributed by atoms with Gasteiger partial charge in [-0.3, -0.25) is 0 Å². The fraction of sp³-hybridized carbons (Fsp3) is 0.818. The molecule has 1 aliphatic rings. The highest BCUT2D eigenvalue weighted by atomic mass is 14.5. The van der Waals surface area contributed by atoms with Gasteiger partial charge in [-0.15, -0.1) is 0 Å². The molecule has 1 saturated carbocycles. The van der Waals surface area contributed by atoms with E-state index >= 15 is 0 Å². The van der Waals surface area contributed by atoms with Crippen molar-refractivity contribution < 1.29 is 0 Å². The molecule has 0 amide bonds. The van der Waals surface area contributed by atoms with Crippen molar-refractivity contribution in [1.82, 2.24) is 0 Å². The lowest BCUT2D eigenvalue weighted by Crippen LogP contribution is -2.16. The van der Waals surface area contributed by atoms with Crippen molar-refractivity contribution in [2.75, 3.05) is 6.54 Å². The lowest BCUT2D eigenvalue weighted by atomic mass is 9.75. The fourth-order valence-corrected chi connectivity index (χ4v) is 1.99. The first-order valence-corrected chi connectivity index (χ1v) is 5.15. The summed E-state index contributed by atoms with van der Waals surface area (Å²) >= 11 is 0. The number of nitrogens with two attached hydrogens (primary N) is 1. The molecule has 0 heterocycles. The Labute approximate surface area is 76.0 Å². The summed E-state index contributed by atoms with van der Waals surface area (Å²) in [7, 11) is 0. The lowest BCUT2D eigenvalue weighted by molar-refractivity contribution is 0.285. The van der Waals surface area contributed by atoms with E-state index in [9.17, 15) is 0 Å². The van der Waals surface area contributed by atoms with E-state index in [-0.39, 0.29) is 0 Å². The van der Waals surface area contributed by atoms with Crippen LogP contribution in [0.15, 0.2) is 12.2 Å². The minimum atomic E-state index is 0.493. The van der Waals surface area contributed by atoms with E-state index in [0.29, 0.717) is 5.41 Å². The second kappa shape index (κ2) is 4.66. The molecule has 1 aliphatic carbocycles. The lowest BCUT2D eigenvalue weighted by Gasteiger charge is -2.30. The molecule has 12 heavy (non-hydrogen) atoms. The van der Waals surface area contributed by atoms with Gasteiger partial charge in [-0.25, -0.2) is 0 Å². The van der Waals surface area contributed by atoms with Crippen LogP contribution in [0.2, 0.25) is 0 Å². The van der Waals surface area contributed by atoms with Crippen LogP contribution in [-0.2, 0) is 0 Å². The highest BCUT2D eigenvalue weighted by Gasteiger charge is 2.22. The first-order valence-electron chi connectivity index (χ1n) is 5.15. The van der Waals surface area contributed by atoms with Gasteiger partial charge in [0.15, 0.2) is 0 Å². The molecule has 2 N–H and O–H groups in total. The van der Waals surface area contributed by atoms with Crippen LogP contribution in [0.4, 0.5) is 0 Å². The smallest absolute Gasteiger partial charge is 0.00426 e. The normalized spacial score (nSPS) is 23.2. The third-order valence-corrected chi connectivity index (χ3v) is 2.85. The van der Waals surface area contributed by atoms with Gasteiger partial charge in [0.1, 0.15) is 0 Å². The topological polar surface area (TPSA) is 26.0 Å². The molecule has 0 aromatic carbocycles. The number of rotatable bonds is 3.